The van der Waals surface area contributed by atoms with Crippen LogP contribution < -0.4 is 15.5 Å². The number of nitrogens with one attached hydrogen (secondary N) is 3. The van der Waals surface area contributed by atoms with E-state index >= 15 is 0 Å². The maximum Gasteiger partial charge on any atom is 0.276 e. The van der Waals surface area contributed by atoms with Gasteiger partial charge in [-0.05, 0) is 31.2 Å². The number of nitriles is 1. The van der Waals surface area contributed by atoms with E-state index in [9.17, 15) is 14.9 Å². The molecule has 0 bridgehead atoms. The van der Waals surface area contributed by atoms with E-state index in [4.69, 9.17) is 0 Å². The largest absolute Gasteiger partial charge is 0.346 e. The highest BCUT2D eigenvalue weighted by Gasteiger charge is 2.31. The van der Waals surface area contributed by atoms with Crippen LogP contribution in [0.25, 0.3) is 0 Å². The lowest BCUT2D eigenvalue weighted by molar-refractivity contribution is -0.881. The Kier molecular flexibility index (Phi) is 7.89. The Bertz CT molecular complexity index is 580. The first-order valence-electron chi connectivity index (χ1n) is 8.15. The number of quaternary nitrogens is 1. The molecule has 2 atom stereocenters. The average molecular weight is 351 g/mol. The molecule has 0 fully saturated rings. The van der Waals surface area contributed by atoms with Crippen molar-refractivity contribution in [2.24, 2.45) is 5.92 Å². The third kappa shape index (κ3) is 6.30. The number of carbonyl (C=O) groups is 2. The number of amides is 2. The molecule has 6 nitrogen and oxygen atoms in total. The molecule has 1 aromatic heterocycles. The third-order valence-electron chi connectivity index (χ3n) is 4.15. The van der Waals surface area contributed by atoms with Gasteiger partial charge in [0, 0.05) is 4.88 Å². The SMILES string of the molecule is CC[NH+](CC(=O)NCc1cccs1)CC(=O)N[C@@](C)(C#N)C(C)C. The summed E-state index contributed by atoms with van der Waals surface area (Å²) in [6.45, 7) is 9.02. The molecule has 0 spiro atoms. The van der Waals surface area contributed by atoms with E-state index in [-0.39, 0.29) is 30.8 Å². The minimum absolute atomic E-state index is 0.00520. The van der Waals surface area contributed by atoms with Crippen LogP contribution >= 0.6 is 11.3 Å². The van der Waals surface area contributed by atoms with Crippen LogP contribution in [0.3, 0.4) is 0 Å². The summed E-state index contributed by atoms with van der Waals surface area (Å²) >= 11 is 1.60. The van der Waals surface area contributed by atoms with Gasteiger partial charge in [0.15, 0.2) is 13.1 Å². The zero-order chi connectivity index (χ0) is 18.2. The van der Waals surface area contributed by atoms with Crippen LogP contribution in [-0.4, -0.2) is 37.0 Å². The summed E-state index contributed by atoms with van der Waals surface area (Å²) in [5.41, 5.74) is -0.892. The van der Waals surface area contributed by atoms with E-state index in [1.165, 1.54) is 0 Å². The molecule has 132 valence electrons. The number of hydrogen-bond acceptors (Lipinski definition) is 4. The summed E-state index contributed by atoms with van der Waals surface area (Å²) in [6.07, 6.45) is 0. The minimum atomic E-state index is -0.892. The predicted octanol–water partition coefficient (Wildman–Crippen LogP) is 0.324. The van der Waals surface area contributed by atoms with Gasteiger partial charge in [-0.25, -0.2) is 0 Å². The van der Waals surface area contributed by atoms with Crippen LogP contribution in [0.2, 0.25) is 0 Å². The second-order valence-electron chi connectivity index (χ2n) is 6.33. The lowest BCUT2D eigenvalue weighted by Crippen LogP contribution is -3.14. The van der Waals surface area contributed by atoms with Gasteiger partial charge in [-0.1, -0.05) is 19.9 Å². The Morgan fingerprint density at radius 1 is 1.38 bits per heavy atom. The Morgan fingerprint density at radius 3 is 2.54 bits per heavy atom. The molecule has 1 unspecified atom stereocenters. The molecule has 7 heteroatoms. The predicted molar refractivity (Wildman–Crippen MR) is 94.4 cm³/mol. The monoisotopic (exact) mass is 351 g/mol. The van der Waals surface area contributed by atoms with Gasteiger partial charge >= 0.3 is 0 Å². The summed E-state index contributed by atoms with van der Waals surface area (Å²) in [5.74, 6) is -0.291. The van der Waals surface area contributed by atoms with E-state index < -0.39 is 5.54 Å². The van der Waals surface area contributed by atoms with Crippen LogP contribution in [0.4, 0.5) is 0 Å². The van der Waals surface area contributed by atoms with Gasteiger partial charge in [0.25, 0.3) is 11.8 Å². The topological polar surface area (TPSA) is 86.4 Å². The van der Waals surface area contributed by atoms with Crippen LogP contribution in [0.15, 0.2) is 17.5 Å². The van der Waals surface area contributed by atoms with Crippen molar-refractivity contribution in [3.05, 3.63) is 22.4 Å². The second-order valence-corrected chi connectivity index (χ2v) is 7.36. The summed E-state index contributed by atoms with van der Waals surface area (Å²) in [6, 6.07) is 6.07. The number of likely N-dealkylation sites (N-methyl/N-ethyl adjacent to an activating group) is 1. The zero-order valence-electron chi connectivity index (χ0n) is 14.8. The third-order valence-corrected chi connectivity index (χ3v) is 5.02. The maximum atomic E-state index is 12.2. The summed E-state index contributed by atoms with van der Waals surface area (Å²) in [4.78, 5) is 26.2. The molecule has 0 aliphatic carbocycles. The van der Waals surface area contributed by atoms with Gasteiger partial charge in [-0.15, -0.1) is 11.3 Å². The molecule has 24 heavy (non-hydrogen) atoms. The number of rotatable bonds is 9. The molecule has 0 aliphatic rings. The van der Waals surface area contributed by atoms with Crippen molar-refractivity contribution in [2.75, 3.05) is 19.6 Å². The minimum Gasteiger partial charge on any atom is -0.346 e. The smallest absolute Gasteiger partial charge is 0.276 e. The molecule has 0 aromatic carbocycles. The maximum absolute atomic E-state index is 12.2. The number of carbonyl (C=O) groups excluding carboxylic acids is 2. The number of nitrogens with zero attached hydrogens (tertiary/aromatic N) is 1. The van der Waals surface area contributed by atoms with E-state index in [1.807, 2.05) is 38.3 Å². The van der Waals surface area contributed by atoms with Gasteiger partial charge in [-0.2, -0.15) is 5.26 Å². The highest BCUT2D eigenvalue weighted by Crippen LogP contribution is 2.14. The molecule has 0 aliphatic heterocycles. The van der Waals surface area contributed by atoms with Gasteiger partial charge in [0.05, 0.1) is 19.2 Å². The molecular weight excluding hydrogens is 324 g/mol. The van der Waals surface area contributed by atoms with Crippen molar-refractivity contribution in [1.29, 1.82) is 5.26 Å². The van der Waals surface area contributed by atoms with Crippen molar-refractivity contribution < 1.29 is 14.5 Å². The molecule has 2 amide bonds. The number of thiophene rings is 1. The van der Waals surface area contributed by atoms with Crippen molar-refractivity contribution >= 4 is 23.2 Å². The molecule has 3 N–H and O–H groups in total. The quantitative estimate of drug-likeness (QED) is 0.599. The molecule has 1 aromatic rings. The Hall–Kier alpha value is -1.91. The Balaban J connectivity index is 2.47. The van der Waals surface area contributed by atoms with Gasteiger partial charge < -0.3 is 15.5 Å². The second kappa shape index (κ2) is 9.40. The first kappa shape index (κ1) is 20.1. The summed E-state index contributed by atoms with van der Waals surface area (Å²) < 4.78 is 0. The molecule has 1 heterocycles. The first-order chi connectivity index (χ1) is 11.3. The normalized spacial score (nSPS) is 14.5. The van der Waals surface area contributed by atoms with Crippen molar-refractivity contribution in [3.8, 4) is 6.07 Å². The van der Waals surface area contributed by atoms with Crippen molar-refractivity contribution in [2.45, 2.75) is 39.8 Å². The average Bonchev–Trinajstić information content (AvgIpc) is 3.05. The summed E-state index contributed by atoms with van der Waals surface area (Å²) in [7, 11) is 0. The summed E-state index contributed by atoms with van der Waals surface area (Å²) in [5, 5.41) is 16.9. The molecular formula is C17H27N4O2S+. The van der Waals surface area contributed by atoms with E-state index in [2.05, 4.69) is 16.7 Å². The molecule has 0 saturated heterocycles. The van der Waals surface area contributed by atoms with Gasteiger partial charge in [-0.3, -0.25) is 9.59 Å². The molecule has 0 radical (unpaired) electrons. The van der Waals surface area contributed by atoms with Crippen LogP contribution in [0, 0.1) is 17.2 Å². The van der Waals surface area contributed by atoms with Gasteiger partial charge in [0.1, 0.15) is 5.54 Å². The highest BCUT2D eigenvalue weighted by atomic mass is 32.1. The highest BCUT2D eigenvalue weighted by molar-refractivity contribution is 7.09. The lowest BCUT2D eigenvalue weighted by Gasteiger charge is -2.28. The van der Waals surface area contributed by atoms with Crippen molar-refractivity contribution in [1.82, 2.24) is 10.6 Å². The van der Waals surface area contributed by atoms with Crippen molar-refractivity contribution in [3.63, 3.8) is 0 Å². The van der Waals surface area contributed by atoms with E-state index in [0.29, 0.717) is 13.1 Å². The fourth-order valence-corrected chi connectivity index (χ4v) is 2.71. The van der Waals surface area contributed by atoms with Crippen LogP contribution in [0.1, 0.15) is 32.6 Å². The molecule has 0 saturated carbocycles. The van der Waals surface area contributed by atoms with E-state index in [0.717, 1.165) is 9.78 Å². The van der Waals surface area contributed by atoms with Crippen LogP contribution in [-0.2, 0) is 16.1 Å². The Labute approximate surface area is 147 Å². The van der Waals surface area contributed by atoms with Crippen LogP contribution in [0.5, 0.6) is 0 Å². The standard InChI is InChI=1S/C17H26N4O2S/c1-5-21(10-15(22)19-9-14-7-6-8-24-14)11-16(23)20-17(4,12-18)13(2)3/h6-8,13H,5,9-11H2,1-4H3,(H,19,22)(H,20,23)/p+1/t17-/m0/s1. The zero-order valence-corrected chi connectivity index (χ0v) is 15.6. The molecule has 1 rings (SSSR count). The Morgan fingerprint density at radius 2 is 2.04 bits per heavy atom. The fraction of sp³-hybridized carbons (Fsp3) is 0.588. The van der Waals surface area contributed by atoms with Gasteiger partial charge in [0.2, 0.25) is 0 Å². The number of hydrogen-bond donors (Lipinski definition) is 3. The lowest BCUT2D eigenvalue weighted by atomic mass is 9.90. The first-order valence-corrected chi connectivity index (χ1v) is 9.03. The fourth-order valence-electron chi connectivity index (χ4n) is 2.06. The van der Waals surface area contributed by atoms with E-state index in [1.54, 1.807) is 18.3 Å².